The maximum Gasteiger partial charge on any atom is 0.161 e. The summed E-state index contributed by atoms with van der Waals surface area (Å²) in [5.41, 5.74) is 0.627. The van der Waals surface area contributed by atoms with Crippen LogP contribution in [0.2, 0.25) is 0 Å². The summed E-state index contributed by atoms with van der Waals surface area (Å²) in [5.74, 6) is 0.833. The first-order valence-electron chi connectivity index (χ1n) is 4.49. The Morgan fingerprint density at radius 1 is 1.40 bits per heavy atom. The van der Waals surface area contributed by atoms with E-state index >= 15 is 0 Å². The molecular formula is C11H14N2OY-2. The Balaban J connectivity index is 0.00000196. The largest absolute Gasteiger partial charge is 0.417 e. The number of carbonyl (C=O) groups is 1. The van der Waals surface area contributed by atoms with Gasteiger partial charge >= 0.3 is 0 Å². The van der Waals surface area contributed by atoms with Crippen LogP contribution in [0.25, 0.3) is 0 Å². The van der Waals surface area contributed by atoms with Crippen LogP contribution in [-0.4, -0.2) is 23.9 Å². The molecule has 1 aromatic rings. The van der Waals surface area contributed by atoms with Gasteiger partial charge in [-0.05, 0) is 19.1 Å². The molecule has 4 heteroatoms. The molecule has 0 fully saturated rings. The molecule has 0 bridgehead atoms. The molecule has 0 aromatic carbocycles. The summed E-state index contributed by atoms with van der Waals surface area (Å²) in [4.78, 5) is 17.1. The quantitative estimate of drug-likeness (QED) is 0.622. The van der Waals surface area contributed by atoms with Gasteiger partial charge in [0, 0.05) is 44.5 Å². The third-order valence-corrected chi connectivity index (χ3v) is 2.02. The molecule has 0 saturated carbocycles. The standard InChI is InChI=1S/C11H14N2O.Y/c1-4-13(5-2)11-7-6-10(8-12-11)9(3)14;/h6-8H,1-2,4-5H2,3H3;/q-2;. The Labute approximate surface area is 116 Å². The number of aromatic nitrogens is 1. The third-order valence-electron chi connectivity index (χ3n) is 2.02. The second kappa shape index (κ2) is 7.07. The molecular weight excluding hydrogens is 265 g/mol. The smallest absolute Gasteiger partial charge is 0.161 e. The number of carbonyl (C=O) groups excluding carboxylic acids is 1. The van der Waals surface area contributed by atoms with Gasteiger partial charge < -0.3 is 18.7 Å². The van der Waals surface area contributed by atoms with E-state index in [2.05, 4.69) is 18.8 Å². The molecule has 0 aliphatic heterocycles. The summed E-state index contributed by atoms with van der Waals surface area (Å²) in [6.45, 7) is 10.3. The minimum atomic E-state index is 0. The van der Waals surface area contributed by atoms with Crippen LogP contribution in [0.15, 0.2) is 18.3 Å². The van der Waals surface area contributed by atoms with Crippen molar-refractivity contribution >= 4 is 11.6 Å². The Morgan fingerprint density at radius 3 is 2.33 bits per heavy atom. The van der Waals surface area contributed by atoms with Crippen molar-refractivity contribution in [2.24, 2.45) is 0 Å². The maximum atomic E-state index is 11.0. The van der Waals surface area contributed by atoms with Crippen LogP contribution in [0.4, 0.5) is 5.82 Å². The summed E-state index contributed by atoms with van der Waals surface area (Å²) >= 11 is 0. The van der Waals surface area contributed by atoms with Gasteiger partial charge in [-0.25, -0.2) is 4.98 Å². The summed E-state index contributed by atoms with van der Waals surface area (Å²) in [6, 6.07) is 3.58. The number of anilines is 1. The topological polar surface area (TPSA) is 33.2 Å². The molecule has 79 valence electrons. The predicted octanol–water partition coefficient (Wildman–Crippen LogP) is 1.76. The third kappa shape index (κ3) is 4.00. The fourth-order valence-corrected chi connectivity index (χ4v) is 1.12. The van der Waals surface area contributed by atoms with E-state index in [1.165, 1.54) is 6.92 Å². The molecule has 1 radical (unpaired) electrons. The van der Waals surface area contributed by atoms with E-state index < -0.39 is 0 Å². The maximum absolute atomic E-state index is 11.0. The normalized spacial score (nSPS) is 9.27. The van der Waals surface area contributed by atoms with Gasteiger partial charge in [0.05, 0.1) is 0 Å². The van der Waals surface area contributed by atoms with E-state index in [-0.39, 0.29) is 38.5 Å². The number of pyridine rings is 1. The number of rotatable bonds is 4. The van der Waals surface area contributed by atoms with Gasteiger partial charge in [0.2, 0.25) is 0 Å². The van der Waals surface area contributed by atoms with Gasteiger partial charge in [-0.15, -0.1) is 13.1 Å². The van der Waals surface area contributed by atoms with E-state index in [1.54, 1.807) is 12.3 Å². The summed E-state index contributed by atoms with van der Waals surface area (Å²) in [7, 11) is 0. The molecule has 0 unspecified atom stereocenters. The second-order valence-corrected chi connectivity index (χ2v) is 2.95. The van der Waals surface area contributed by atoms with Crippen LogP contribution in [0.3, 0.4) is 0 Å². The van der Waals surface area contributed by atoms with Crippen LogP contribution in [0.1, 0.15) is 17.3 Å². The summed E-state index contributed by atoms with van der Waals surface area (Å²) in [5, 5.41) is 0. The molecule has 0 amide bonds. The van der Waals surface area contributed by atoms with Crippen molar-refractivity contribution < 1.29 is 37.5 Å². The fourth-order valence-electron chi connectivity index (χ4n) is 1.12. The summed E-state index contributed by atoms with van der Waals surface area (Å²) in [6.07, 6.45) is 1.58. The molecule has 0 atom stereocenters. The molecule has 1 heterocycles. The molecule has 0 spiro atoms. The van der Waals surface area contributed by atoms with E-state index in [4.69, 9.17) is 0 Å². The van der Waals surface area contributed by atoms with Gasteiger partial charge in [0.25, 0.3) is 0 Å². The molecule has 1 aromatic heterocycles. The van der Waals surface area contributed by atoms with Gasteiger partial charge in [-0.2, -0.15) is 0 Å². The Bertz CT molecular complexity index is 307. The first kappa shape index (κ1) is 14.7. The van der Waals surface area contributed by atoms with Gasteiger partial charge in [0.1, 0.15) is 5.82 Å². The average Bonchev–Trinajstić information content (AvgIpc) is 2.20. The zero-order valence-electron chi connectivity index (χ0n) is 8.94. The minimum Gasteiger partial charge on any atom is -0.417 e. The monoisotopic (exact) mass is 279 g/mol. The van der Waals surface area contributed by atoms with Crippen molar-refractivity contribution in [1.82, 2.24) is 4.98 Å². The SMILES string of the molecule is [CH2-]CN(C[CH2-])c1ccc(C(C)=O)cn1.[Y]. The van der Waals surface area contributed by atoms with Crippen molar-refractivity contribution in [2.45, 2.75) is 6.92 Å². The Morgan fingerprint density at radius 2 is 2.00 bits per heavy atom. The molecule has 0 N–H and O–H groups in total. The second-order valence-electron chi connectivity index (χ2n) is 2.95. The number of ketones is 1. The molecule has 0 saturated heterocycles. The van der Waals surface area contributed by atoms with E-state index in [9.17, 15) is 4.79 Å². The predicted molar refractivity (Wildman–Crippen MR) is 57.2 cm³/mol. The minimum absolute atomic E-state index is 0. The van der Waals surface area contributed by atoms with E-state index in [1.807, 2.05) is 11.0 Å². The summed E-state index contributed by atoms with van der Waals surface area (Å²) < 4.78 is 0. The molecule has 0 aliphatic rings. The number of nitrogens with zero attached hydrogens (tertiary/aromatic N) is 2. The molecule has 0 aliphatic carbocycles. The van der Waals surface area contributed by atoms with Crippen LogP contribution in [-0.2, 0) is 32.7 Å². The zero-order chi connectivity index (χ0) is 10.6. The fraction of sp³-hybridized carbons (Fsp3) is 0.273. The number of hydrogen-bond donors (Lipinski definition) is 0. The number of Topliss-reactive ketones (excluding diaryl/α,β-unsaturated/α-hetero) is 1. The van der Waals surface area contributed by atoms with Gasteiger partial charge in [-0.1, -0.05) is 0 Å². The zero-order valence-corrected chi connectivity index (χ0v) is 11.8. The van der Waals surface area contributed by atoms with Crippen LogP contribution < -0.4 is 4.90 Å². The van der Waals surface area contributed by atoms with Crippen molar-refractivity contribution in [3.8, 4) is 0 Å². The Hall–Kier alpha value is -0.276. The number of hydrogen-bond acceptors (Lipinski definition) is 3. The van der Waals surface area contributed by atoms with Crippen LogP contribution >= 0.6 is 0 Å². The average molecular weight is 279 g/mol. The molecule has 1 rings (SSSR count). The van der Waals surface area contributed by atoms with Gasteiger partial charge in [-0.3, -0.25) is 4.79 Å². The van der Waals surface area contributed by atoms with E-state index in [0.717, 1.165) is 5.82 Å². The van der Waals surface area contributed by atoms with Crippen LogP contribution in [0.5, 0.6) is 0 Å². The Kier molecular flexibility index (Phi) is 6.94. The van der Waals surface area contributed by atoms with Crippen molar-refractivity contribution in [3.63, 3.8) is 0 Å². The molecule has 15 heavy (non-hydrogen) atoms. The first-order chi connectivity index (χ1) is 6.69. The van der Waals surface area contributed by atoms with Crippen molar-refractivity contribution in [2.75, 3.05) is 18.0 Å². The van der Waals surface area contributed by atoms with Crippen molar-refractivity contribution in [3.05, 3.63) is 37.7 Å². The van der Waals surface area contributed by atoms with Crippen molar-refractivity contribution in [1.29, 1.82) is 0 Å². The first-order valence-corrected chi connectivity index (χ1v) is 4.49. The van der Waals surface area contributed by atoms with Crippen LogP contribution in [0, 0.1) is 13.8 Å². The molecule has 3 nitrogen and oxygen atoms in total. The van der Waals surface area contributed by atoms with E-state index in [0.29, 0.717) is 18.7 Å². The van der Waals surface area contributed by atoms with Gasteiger partial charge in [0.15, 0.2) is 5.78 Å².